The summed E-state index contributed by atoms with van der Waals surface area (Å²) < 4.78 is 1.45. The van der Waals surface area contributed by atoms with Crippen molar-refractivity contribution in [2.75, 3.05) is 6.54 Å². The molecule has 0 aliphatic carbocycles. The van der Waals surface area contributed by atoms with Crippen LogP contribution in [0.3, 0.4) is 0 Å². The van der Waals surface area contributed by atoms with Crippen LogP contribution in [0.1, 0.15) is 6.42 Å². The lowest BCUT2D eigenvalue weighted by atomic mass is 10.1. The van der Waals surface area contributed by atoms with Crippen LogP contribution in [-0.2, 0) is 4.79 Å². The van der Waals surface area contributed by atoms with Gasteiger partial charge in [0.1, 0.15) is 12.6 Å². The molecule has 1 aliphatic heterocycles. The van der Waals surface area contributed by atoms with Crippen molar-refractivity contribution in [3.8, 4) is 6.07 Å². The van der Waals surface area contributed by atoms with Crippen LogP contribution in [0.25, 0.3) is 0 Å². The molecule has 0 aromatic carbocycles. The third kappa shape index (κ3) is 1.37. The van der Waals surface area contributed by atoms with Gasteiger partial charge in [0.05, 0.1) is 6.07 Å². The summed E-state index contributed by atoms with van der Waals surface area (Å²) in [5.41, 5.74) is 0. The minimum Gasteiger partial charge on any atom is -0.476 e. The predicted octanol–water partition coefficient (Wildman–Crippen LogP) is -0.304. The van der Waals surface area contributed by atoms with Gasteiger partial charge in [-0.2, -0.15) is 5.26 Å². The van der Waals surface area contributed by atoms with Gasteiger partial charge in [0.2, 0.25) is 6.04 Å². The van der Waals surface area contributed by atoms with Gasteiger partial charge in [0, 0.05) is 6.42 Å². The van der Waals surface area contributed by atoms with Gasteiger partial charge < -0.3 is 5.11 Å². The van der Waals surface area contributed by atoms with Crippen molar-refractivity contribution in [3.63, 3.8) is 0 Å². The van der Waals surface area contributed by atoms with Crippen molar-refractivity contribution in [3.05, 3.63) is 0 Å². The molecule has 0 aromatic rings. The Kier molecular flexibility index (Phi) is 1.90. The van der Waals surface area contributed by atoms with E-state index in [0.29, 0.717) is 13.0 Å². The Morgan fingerprint density at radius 3 is 2.73 bits per heavy atom. The Morgan fingerprint density at radius 2 is 2.45 bits per heavy atom. The molecule has 1 rings (SSSR count). The van der Waals surface area contributed by atoms with Crippen LogP contribution >= 0.6 is 0 Å². The van der Waals surface area contributed by atoms with Crippen molar-refractivity contribution in [1.82, 2.24) is 0 Å². The number of carbonyl (C=O) groups is 1. The highest BCUT2D eigenvalue weighted by Gasteiger charge is 2.39. The average Bonchev–Trinajstić information content (AvgIpc) is 2.30. The molecule has 0 aromatic heterocycles. The first-order valence-electron chi connectivity index (χ1n) is 3.34. The number of rotatable bonds is 1. The molecular formula is C7H9N2O2+. The maximum absolute atomic E-state index is 10.5. The first-order valence-corrected chi connectivity index (χ1v) is 3.34. The summed E-state index contributed by atoms with van der Waals surface area (Å²) in [6.45, 7) is 4.01. The molecule has 0 radical (unpaired) electrons. The second-order valence-electron chi connectivity index (χ2n) is 2.69. The number of carboxylic acid groups (broad SMARTS) is 1. The predicted molar refractivity (Wildman–Crippen MR) is 37.4 cm³/mol. The summed E-state index contributed by atoms with van der Waals surface area (Å²) in [6, 6.07) is 1.46. The van der Waals surface area contributed by atoms with Crippen LogP contribution < -0.4 is 0 Å². The van der Waals surface area contributed by atoms with E-state index in [-0.39, 0.29) is 5.92 Å². The van der Waals surface area contributed by atoms with E-state index in [1.807, 2.05) is 6.07 Å². The number of hydrogen-bond acceptors (Lipinski definition) is 2. The molecule has 0 spiro atoms. The fourth-order valence-electron chi connectivity index (χ4n) is 1.25. The molecule has 1 N–H and O–H groups in total. The molecule has 1 aliphatic rings. The van der Waals surface area contributed by atoms with Crippen LogP contribution in [-0.4, -0.2) is 35.0 Å². The van der Waals surface area contributed by atoms with E-state index in [0.717, 1.165) is 0 Å². The first-order chi connectivity index (χ1) is 5.15. The standard InChI is InChI=1S/C7H8N2O2/c1-9-4-5(3-8)2-6(9)7(10)11/h5-6H,1-2,4H2/p+1. The zero-order valence-electron chi connectivity index (χ0n) is 6.03. The van der Waals surface area contributed by atoms with E-state index in [4.69, 9.17) is 10.4 Å². The van der Waals surface area contributed by atoms with E-state index in [9.17, 15) is 4.79 Å². The molecule has 58 valence electrons. The molecule has 1 saturated heterocycles. The highest BCUT2D eigenvalue weighted by atomic mass is 16.4. The average molecular weight is 153 g/mol. The number of aliphatic carboxylic acids is 1. The van der Waals surface area contributed by atoms with Gasteiger partial charge in [-0.3, -0.25) is 0 Å². The molecule has 1 heterocycles. The van der Waals surface area contributed by atoms with Crippen LogP contribution in [0.15, 0.2) is 0 Å². The molecule has 2 unspecified atom stereocenters. The van der Waals surface area contributed by atoms with Crippen molar-refractivity contribution in [2.45, 2.75) is 12.5 Å². The van der Waals surface area contributed by atoms with Crippen LogP contribution in [0, 0.1) is 17.2 Å². The normalized spacial score (nSPS) is 29.9. The summed E-state index contributed by atoms with van der Waals surface area (Å²) in [5.74, 6) is -1.06. The van der Waals surface area contributed by atoms with Gasteiger partial charge in [0.15, 0.2) is 6.54 Å². The molecule has 4 nitrogen and oxygen atoms in total. The number of carboxylic acids is 1. The zero-order chi connectivity index (χ0) is 8.43. The maximum Gasteiger partial charge on any atom is 0.373 e. The topological polar surface area (TPSA) is 64.1 Å². The van der Waals surface area contributed by atoms with Gasteiger partial charge in [-0.25, -0.2) is 9.37 Å². The molecule has 4 heteroatoms. The molecule has 0 bridgehead atoms. The van der Waals surface area contributed by atoms with Crippen molar-refractivity contribution < 1.29 is 14.5 Å². The Bertz CT molecular complexity index is 241. The smallest absolute Gasteiger partial charge is 0.373 e. The van der Waals surface area contributed by atoms with Crippen LogP contribution in [0.4, 0.5) is 0 Å². The van der Waals surface area contributed by atoms with Crippen molar-refractivity contribution in [2.24, 2.45) is 5.92 Å². The number of nitriles is 1. The highest BCUT2D eigenvalue weighted by molar-refractivity contribution is 5.72. The SMILES string of the molecule is C=[N+]1CC(C#N)CC1C(=O)O. The van der Waals surface area contributed by atoms with E-state index < -0.39 is 12.0 Å². The Labute approximate surface area is 64.4 Å². The van der Waals surface area contributed by atoms with E-state index in [1.165, 1.54) is 4.58 Å². The third-order valence-corrected chi connectivity index (χ3v) is 1.87. The fraction of sp³-hybridized carbons (Fsp3) is 0.571. The molecule has 0 amide bonds. The van der Waals surface area contributed by atoms with Crippen molar-refractivity contribution >= 4 is 12.7 Å². The van der Waals surface area contributed by atoms with Gasteiger partial charge in [-0.05, 0) is 0 Å². The summed E-state index contributed by atoms with van der Waals surface area (Å²) in [4.78, 5) is 10.5. The Balaban J connectivity index is 2.68. The molecule has 11 heavy (non-hydrogen) atoms. The summed E-state index contributed by atoms with van der Waals surface area (Å²) >= 11 is 0. The first kappa shape index (κ1) is 7.73. The van der Waals surface area contributed by atoms with Gasteiger partial charge in [-0.15, -0.1) is 0 Å². The van der Waals surface area contributed by atoms with E-state index >= 15 is 0 Å². The Morgan fingerprint density at radius 1 is 1.82 bits per heavy atom. The third-order valence-electron chi connectivity index (χ3n) is 1.87. The Hall–Kier alpha value is -1.37. The molecule has 1 fully saturated rings. The lowest BCUT2D eigenvalue weighted by Crippen LogP contribution is -2.26. The summed E-state index contributed by atoms with van der Waals surface area (Å²) in [7, 11) is 0. The second-order valence-corrected chi connectivity index (χ2v) is 2.69. The highest BCUT2D eigenvalue weighted by Crippen LogP contribution is 2.17. The van der Waals surface area contributed by atoms with E-state index in [1.54, 1.807) is 0 Å². The maximum atomic E-state index is 10.5. The summed E-state index contributed by atoms with van der Waals surface area (Å²) in [5, 5.41) is 17.1. The molecular weight excluding hydrogens is 144 g/mol. The number of nitrogens with zero attached hydrogens (tertiary/aromatic N) is 2. The van der Waals surface area contributed by atoms with E-state index in [2.05, 4.69) is 6.72 Å². The molecule has 2 atom stereocenters. The van der Waals surface area contributed by atoms with Crippen molar-refractivity contribution in [1.29, 1.82) is 5.26 Å². The lowest BCUT2D eigenvalue weighted by Gasteiger charge is -1.96. The zero-order valence-corrected chi connectivity index (χ0v) is 6.03. The van der Waals surface area contributed by atoms with Gasteiger partial charge in [-0.1, -0.05) is 0 Å². The fourth-order valence-corrected chi connectivity index (χ4v) is 1.25. The van der Waals surface area contributed by atoms with Gasteiger partial charge >= 0.3 is 5.97 Å². The quantitative estimate of drug-likeness (QED) is 0.526. The largest absolute Gasteiger partial charge is 0.476 e. The minimum absolute atomic E-state index is 0.173. The monoisotopic (exact) mass is 153 g/mol. The van der Waals surface area contributed by atoms with Crippen LogP contribution in [0.5, 0.6) is 0 Å². The van der Waals surface area contributed by atoms with Gasteiger partial charge in [0.25, 0.3) is 0 Å². The lowest BCUT2D eigenvalue weighted by molar-refractivity contribution is -0.526. The van der Waals surface area contributed by atoms with Crippen LogP contribution in [0.2, 0.25) is 0 Å². The molecule has 0 saturated carbocycles. The summed E-state index contributed by atoms with van der Waals surface area (Å²) in [6.07, 6.45) is 0.398. The number of hydrogen-bond donors (Lipinski definition) is 1. The second kappa shape index (κ2) is 2.70. The minimum atomic E-state index is -0.891.